The van der Waals surface area contributed by atoms with Gasteiger partial charge < -0.3 is 9.80 Å². The number of unbranched alkanes of at least 4 members (excludes halogenated alkanes) is 1. The summed E-state index contributed by atoms with van der Waals surface area (Å²) in [6.07, 6.45) is 1.74. The summed E-state index contributed by atoms with van der Waals surface area (Å²) in [6, 6.07) is 10.6. The molecular formula is C25H32N4O3S2. The summed E-state index contributed by atoms with van der Waals surface area (Å²) < 4.78 is 28.0. The van der Waals surface area contributed by atoms with Crippen molar-refractivity contribution < 1.29 is 13.2 Å². The van der Waals surface area contributed by atoms with E-state index in [1.54, 1.807) is 30.5 Å². The molecule has 2 aromatic carbocycles. The van der Waals surface area contributed by atoms with Crippen LogP contribution in [0.2, 0.25) is 0 Å². The normalized spacial score (nSPS) is 14.9. The second-order valence-corrected chi connectivity index (χ2v) is 11.9. The van der Waals surface area contributed by atoms with Gasteiger partial charge in [-0.1, -0.05) is 30.7 Å². The predicted molar refractivity (Wildman–Crippen MR) is 138 cm³/mol. The van der Waals surface area contributed by atoms with Crippen molar-refractivity contribution in [1.29, 1.82) is 0 Å². The van der Waals surface area contributed by atoms with Crippen LogP contribution >= 0.6 is 11.3 Å². The molecule has 0 saturated carbocycles. The monoisotopic (exact) mass is 500 g/mol. The fraction of sp³-hybridized carbons (Fsp3) is 0.440. The van der Waals surface area contributed by atoms with Crippen molar-refractivity contribution in [2.45, 2.75) is 38.5 Å². The lowest BCUT2D eigenvalue weighted by Crippen LogP contribution is -2.48. The van der Waals surface area contributed by atoms with Crippen LogP contribution in [-0.4, -0.2) is 68.3 Å². The Morgan fingerprint density at radius 2 is 1.76 bits per heavy atom. The van der Waals surface area contributed by atoms with E-state index >= 15 is 0 Å². The number of aryl methyl sites for hydroxylation is 2. The molecule has 7 nitrogen and oxygen atoms in total. The molecule has 34 heavy (non-hydrogen) atoms. The van der Waals surface area contributed by atoms with E-state index < -0.39 is 10.0 Å². The van der Waals surface area contributed by atoms with Crippen molar-refractivity contribution >= 4 is 42.6 Å². The smallest absolute Gasteiger partial charge is 0.253 e. The number of fused-ring (bicyclic) bond motifs is 1. The number of aromatic nitrogens is 1. The van der Waals surface area contributed by atoms with Crippen LogP contribution in [0.5, 0.6) is 0 Å². The zero-order valence-corrected chi connectivity index (χ0v) is 21.9. The van der Waals surface area contributed by atoms with Crippen molar-refractivity contribution in [2.75, 3.05) is 44.7 Å². The zero-order chi connectivity index (χ0) is 24.5. The quantitative estimate of drug-likeness (QED) is 0.484. The van der Waals surface area contributed by atoms with Crippen molar-refractivity contribution in [1.82, 2.24) is 14.2 Å². The Labute approximate surface area is 206 Å². The van der Waals surface area contributed by atoms with Gasteiger partial charge in [0.25, 0.3) is 5.91 Å². The molecule has 0 unspecified atom stereocenters. The first-order chi connectivity index (χ1) is 16.2. The Kier molecular flexibility index (Phi) is 7.25. The Morgan fingerprint density at radius 3 is 2.41 bits per heavy atom. The summed E-state index contributed by atoms with van der Waals surface area (Å²) in [5.41, 5.74) is 4.00. The van der Waals surface area contributed by atoms with Gasteiger partial charge >= 0.3 is 0 Å². The maximum atomic E-state index is 13.0. The highest BCUT2D eigenvalue weighted by Crippen LogP contribution is 2.32. The van der Waals surface area contributed by atoms with Crippen LogP contribution < -0.4 is 4.90 Å². The number of carbonyl (C=O) groups excluding carboxylic acids is 1. The molecule has 0 atom stereocenters. The number of benzene rings is 2. The van der Waals surface area contributed by atoms with Crippen LogP contribution in [0, 0.1) is 13.8 Å². The molecule has 1 aliphatic rings. The summed E-state index contributed by atoms with van der Waals surface area (Å²) in [7, 11) is -1.94. The van der Waals surface area contributed by atoms with Crippen LogP contribution in [0.4, 0.5) is 5.13 Å². The fourth-order valence-electron chi connectivity index (χ4n) is 4.23. The number of nitrogens with zero attached hydrogens (tertiary/aromatic N) is 4. The molecule has 2 heterocycles. The van der Waals surface area contributed by atoms with E-state index in [1.165, 1.54) is 32.3 Å². The summed E-state index contributed by atoms with van der Waals surface area (Å²) in [4.78, 5) is 22.2. The number of amides is 1. The third-order valence-electron chi connectivity index (χ3n) is 6.28. The Balaban J connectivity index is 1.40. The summed E-state index contributed by atoms with van der Waals surface area (Å²) in [5.74, 6) is -0.0706. The van der Waals surface area contributed by atoms with Gasteiger partial charge in [0.15, 0.2) is 5.13 Å². The first kappa shape index (κ1) is 24.6. The lowest BCUT2D eigenvalue weighted by molar-refractivity contribution is 0.0746. The van der Waals surface area contributed by atoms with Gasteiger partial charge in [-0.2, -0.15) is 0 Å². The minimum atomic E-state index is -3.54. The predicted octanol–water partition coefficient (Wildman–Crippen LogP) is 4.30. The number of piperazine rings is 1. The minimum Gasteiger partial charge on any atom is -0.345 e. The standard InChI is InChI=1S/C25H32N4O3S2/c1-5-6-11-27(4)34(31,32)21-9-7-20(8-10-21)24(30)28-12-14-29(15-13-28)25-26-22-17-18(2)16-19(3)23(22)33-25/h7-10,16-17H,5-6,11-15H2,1-4H3. The molecule has 1 aliphatic heterocycles. The molecule has 1 amide bonds. The van der Waals surface area contributed by atoms with E-state index in [-0.39, 0.29) is 10.8 Å². The highest BCUT2D eigenvalue weighted by molar-refractivity contribution is 7.89. The lowest BCUT2D eigenvalue weighted by atomic mass is 10.1. The topological polar surface area (TPSA) is 73.8 Å². The molecule has 9 heteroatoms. The molecule has 0 N–H and O–H groups in total. The van der Waals surface area contributed by atoms with Crippen molar-refractivity contribution in [3.63, 3.8) is 0 Å². The van der Waals surface area contributed by atoms with E-state index in [1.807, 2.05) is 11.8 Å². The lowest BCUT2D eigenvalue weighted by Gasteiger charge is -2.34. The molecule has 0 radical (unpaired) electrons. The third kappa shape index (κ3) is 4.96. The molecule has 0 spiro atoms. The van der Waals surface area contributed by atoms with E-state index in [0.717, 1.165) is 36.6 Å². The molecule has 1 fully saturated rings. The van der Waals surface area contributed by atoms with Crippen LogP contribution in [0.3, 0.4) is 0 Å². The van der Waals surface area contributed by atoms with Gasteiger partial charge in [-0.05, 0) is 61.7 Å². The fourth-order valence-corrected chi connectivity index (χ4v) is 6.51. The van der Waals surface area contributed by atoms with Gasteiger partial charge in [-0.3, -0.25) is 4.79 Å². The van der Waals surface area contributed by atoms with E-state index in [2.05, 4.69) is 30.9 Å². The van der Waals surface area contributed by atoms with Crippen molar-refractivity contribution in [3.05, 3.63) is 53.1 Å². The molecule has 182 valence electrons. The van der Waals surface area contributed by atoms with Gasteiger partial charge in [-0.15, -0.1) is 0 Å². The Morgan fingerprint density at radius 1 is 1.09 bits per heavy atom. The largest absolute Gasteiger partial charge is 0.345 e. The van der Waals surface area contributed by atoms with Gasteiger partial charge in [-0.25, -0.2) is 17.7 Å². The average Bonchev–Trinajstić information content (AvgIpc) is 3.26. The van der Waals surface area contributed by atoms with E-state index in [4.69, 9.17) is 4.98 Å². The Bertz CT molecular complexity index is 1280. The number of sulfonamides is 1. The maximum absolute atomic E-state index is 13.0. The van der Waals surface area contributed by atoms with Crippen LogP contribution in [-0.2, 0) is 10.0 Å². The Hall–Kier alpha value is -2.49. The number of anilines is 1. The van der Waals surface area contributed by atoms with E-state index in [0.29, 0.717) is 25.2 Å². The number of thiazole rings is 1. The second kappa shape index (κ2) is 10.0. The minimum absolute atomic E-state index is 0.0706. The van der Waals surface area contributed by atoms with Crippen LogP contribution in [0.15, 0.2) is 41.3 Å². The second-order valence-electron chi connectivity index (χ2n) is 8.91. The van der Waals surface area contributed by atoms with Crippen molar-refractivity contribution in [3.8, 4) is 0 Å². The number of hydrogen-bond acceptors (Lipinski definition) is 6. The van der Waals surface area contributed by atoms with Gasteiger partial charge in [0.1, 0.15) is 0 Å². The molecular weight excluding hydrogens is 468 g/mol. The van der Waals surface area contributed by atoms with Gasteiger partial charge in [0, 0.05) is 45.3 Å². The van der Waals surface area contributed by atoms with E-state index in [9.17, 15) is 13.2 Å². The molecule has 1 saturated heterocycles. The molecule has 0 bridgehead atoms. The SMILES string of the molecule is CCCCN(C)S(=O)(=O)c1ccc(C(=O)N2CCN(c3nc4cc(C)cc(C)c4s3)CC2)cc1. The summed E-state index contributed by atoms with van der Waals surface area (Å²) >= 11 is 1.71. The number of rotatable bonds is 7. The molecule has 4 rings (SSSR count). The highest BCUT2D eigenvalue weighted by Gasteiger charge is 2.25. The van der Waals surface area contributed by atoms with Crippen molar-refractivity contribution in [2.24, 2.45) is 0 Å². The van der Waals surface area contributed by atoms with Crippen LogP contribution in [0.25, 0.3) is 10.2 Å². The first-order valence-corrected chi connectivity index (χ1v) is 13.9. The first-order valence-electron chi connectivity index (χ1n) is 11.7. The third-order valence-corrected chi connectivity index (χ3v) is 9.42. The maximum Gasteiger partial charge on any atom is 0.253 e. The molecule has 1 aromatic heterocycles. The molecule has 0 aliphatic carbocycles. The zero-order valence-electron chi connectivity index (χ0n) is 20.2. The summed E-state index contributed by atoms with van der Waals surface area (Å²) in [6.45, 7) is 9.37. The number of hydrogen-bond donors (Lipinski definition) is 0. The van der Waals surface area contributed by atoms with Crippen LogP contribution in [0.1, 0.15) is 41.3 Å². The van der Waals surface area contributed by atoms with Gasteiger partial charge in [0.2, 0.25) is 10.0 Å². The number of carbonyl (C=O) groups is 1. The molecule has 3 aromatic rings. The average molecular weight is 501 g/mol. The summed E-state index contributed by atoms with van der Waals surface area (Å²) in [5, 5.41) is 0.998. The van der Waals surface area contributed by atoms with Gasteiger partial charge in [0.05, 0.1) is 15.1 Å². The highest BCUT2D eigenvalue weighted by atomic mass is 32.2.